The zero-order valence-corrected chi connectivity index (χ0v) is 13.7. The number of nitrogen functional groups attached to an aromatic ring is 1. The summed E-state index contributed by atoms with van der Waals surface area (Å²) in [5.74, 6) is -0.265. The standard InChI is InChI=1S/C14H9BrClN3OS/c15-9-6-7(16)3-4-10(9)19-13(20)12-11(17)8-2-1-5-18-14(8)21-12/h1-6H,17H2,(H,19,20). The van der Waals surface area contributed by atoms with Gasteiger partial charge in [0.1, 0.15) is 9.71 Å². The third kappa shape index (κ3) is 2.74. The van der Waals surface area contributed by atoms with Gasteiger partial charge in [0.2, 0.25) is 0 Å². The molecule has 3 rings (SSSR count). The number of pyridine rings is 1. The summed E-state index contributed by atoms with van der Waals surface area (Å²) in [5.41, 5.74) is 7.12. The summed E-state index contributed by atoms with van der Waals surface area (Å²) in [5, 5.41) is 4.20. The highest BCUT2D eigenvalue weighted by atomic mass is 79.9. The second-order valence-corrected chi connectivity index (χ2v) is 6.57. The number of benzene rings is 1. The average Bonchev–Trinajstić information content (AvgIpc) is 2.80. The fourth-order valence-electron chi connectivity index (χ4n) is 1.89. The first-order valence-corrected chi connectivity index (χ1v) is 7.94. The van der Waals surface area contributed by atoms with Gasteiger partial charge in [-0.1, -0.05) is 11.6 Å². The van der Waals surface area contributed by atoms with E-state index in [-0.39, 0.29) is 5.91 Å². The Labute approximate surface area is 138 Å². The maximum atomic E-state index is 12.4. The quantitative estimate of drug-likeness (QED) is 0.683. The molecule has 4 nitrogen and oxygen atoms in total. The molecule has 0 fully saturated rings. The van der Waals surface area contributed by atoms with Crippen LogP contribution in [0.3, 0.4) is 0 Å². The summed E-state index contributed by atoms with van der Waals surface area (Å²) in [6, 6.07) is 8.79. The van der Waals surface area contributed by atoms with Gasteiger partial charge in [-0.25, -0.2) is 4.98 Å². The molecule has 0 radical (unpaired) electrons. The lowest BCUT2D eigenvalue weighted by Gasteiger charge is -2.07. The van der Waals surface area contributed by atoms with E-state index in [1.807, 2.05) is 6.07 Å². The maximum absolute atomic E-state index is 12.4. The van der Waals surface area contributed by atoms with Crippen LogP contribution in [0.5, 0.6) is 0 Å². The molecule has 1 amide bonds. The van der Waals surface area contributed by atoms with Crippen molar-refractivity contribution < 1.29 is 4.79 Å². The van der Waals surface area contributed by atoms with Gasteiger partial charge in [0.15, 0.2) is 0 Å². The number of nitrogens with zero attached hydrogens (tertiary/aromatic N) is 1. The molecule has 0 aliphatic carbocycles. The Morgan fingerprint density at radius 2 is 2.19 bits per heavy atom. The number of nitrogens with one attached hydrogen (secondary N) is 1. The van der Waals surface area contributed by atoms with E-state index in [0.717, 1.165) is 10.2 Å². The Hall–Kier alpha value is -1.63. The lowest BCUT2D eigenvalue weighted by atomic mass is 10.2. The SMILES string of the molecule is Nc1c(C(=O)Nc2ccc(Cl)cc2Br)sc2ncccc12. The molecule has 0 bridgehead atoms. The topological polar surface area (TPSA) is 68.0 Å². The molecule has 3 aromatic rings. The molecule has 0 aliphatic heterocycles. The van der Waals surface area contributed by atoms with Gasteiger partial charge in [0.25, 0.3) is 5.91 Å². The highest BCUT2D eigenvalue weighted by Crippen LogP contribution is 2.33. The lowest BCUT2D eigenvalue weighted by Crippen LogP contribution is -2.12. The van der Waals surface area contributed by atoms with Gasteiger partial charge in [-0.3, -0.25) is 4.79 Å². The molecule has 3 N–H and O–H groups in total. The van der Waals surface area contributed by atoms with Crippen molar-refractivity contribution in [2.24, 2.45) is 0 Å². The van der Waals surface area contributed by atoms with Crippen molar-refractivity contribution in [3.05, 3.63) is 50.9 Å². The smallest absolute Gasteiger partial charge is 0.267 e. The Kier molecular flexibility index (Phi) is 3.84. The second-order valence-electron chi connectivity index (χ2n) is 4.28. The normalized spacial score (nSPS) is 10.8. The molecule has 106 valence electrons. The van der Waals surface area contributed by atoms with Gasteiger partial charge < -0.3 is 11.1 Å². The number of carbonyl (C=O) groups excluding carboxylic acids is 1. The Bertz CT molecular complexity index is 849. The number of carbonyl (C=O) groups is 1. The second kappa shape index (κ2) is 5.63. The molecule has 0 saturated heterocycles. The van der Waals surface area contributed by atoms with Crippen LogP contribution in [0.1, 0.15) is 9.67 Å². The van der Waals surface area contributed by atoms with Gasteiger partial charge in [-0.2, -0.15) is 0 Å². The molecule has 0 saturated carbocycles. The van der Waals surface area contributed by atoms with Gasteiger partial charge in [-0.05, 0) is 46.3 Å². The molecule has 21 heavy (non-hydrogen) atoms. The zero-order chi connectivity index (χ0) is 15.0. The van der Waals surface area contributed by atoms with Crippen molar-refractivity contribution in [3.63, 3.8) is 0 Å². The van der Waals surface area contributed by atoms with Crippen molar-refractivity contribution >= 4 is 66.4 Å². The van der Waals surface area contributed by atoms with Gasteiger partial charge >= 0.3 is 0 Å². The highest BCUT2D eigenvalue weighted by Gasteiger charge is 2.17. The first-order valence-electron chi connectivity index (χ1n) is 5.95. The van der Waals surface area contributed by atoms with Crippen LogP contribution in [0.4, 0.5) is 11.4 Å². The fourth-order valence-corrected chi connectivity index (χ4v) is 3.63. The van der Waals surface area contributed by atoms with Crippen LogP contribution in [0, 0.1) is 0 Å². The summed E-state index contributed by atoms with van der Waals surface area (Å²) in [4.78, 5) is 17.8. The first-order chi connectivity index (χ1) is 10.1. The molecule has 2 heterocycles. The number of nitrogens with two attached hydrogens (primary N) is 1. The van der Waals surface area contributed by atoms with E-state index in [2.05, 4.69) is 26.2 Å². The molecule has 0 aliphatic rings. The minimum absolute atomic E-state index is 0.265. The minimum atomic E-state index is -0.265. The molecular weight excluding hydrogens is 374 g/mol. The number of halogens is 2. The van der Waals surface area contributed by atoms with Gasteiger partial charge in [-0.15, -0.1) is 11.3 Å². The average molecular weight is 383 g/mol. The van der Waals surface area contributed by atoms with E-state index < -0.39 is 0 Å². The third-order valence-corrected chi connectivity index (χ3v) is 4.91. The highest BCUT2D eigenvalue weighted by molar-refractivity contribution is 9.10. The van der Waals surface area contributed by atoms with E-state index in [0.29, 0.717) is 25.7 Å². The van der Waals surface area contributed by atoms with E-state index in [9.17, 15) is 4.79 Å². The van der Waals surface area contributed by atoms with Crippen molar-refractivity contribution in [3.8, 4) is 0 Å². The molecule has 1 aromatic carbocycles. The van der Waals surface area contributed by atoms with Crippen LogP contribution in [-0.2, 0) is 0 Å². The Balaban J connectivity index is 1.95. The van der Waals surface area contributed by atoms with Crippen LogP contribution >= 0.6 is 38.9 Å². The molecule has 2 aromatic heterocycles. The van der Waals surface area contributed by atoms with Crippen molar-refractivity contribution in [1.82, 2.24) is 4.98 Å². The molecule has 0 unspecified atom stereocenters. The molecule has 0 atom stereocenters. The van der Waals surface area contributed by atoms with Gasteiger partial charge in [0.05, 0.1) is 11.4 Å². The van der Waals surface area contributed by atoms with Crippen LogP contribution in [0.2, 0.25) is 5.02 Å². The predicted octanol–water partition coefficient (Wildman–Crippen LogP) is 4.55. The number of hydrogen-bond donors (Lipinski definition) is 2. The number of fused-ring (bicyclic) bond motifs is 1. The van der Waals surface area contributed by atoms with Crippen LogP contribution < -0.4 is 11.1 Å². The largest absolute Gasteiger partial charge is 0.397 e. The van der Waals surface area contributed by atoms with Crippen molar-refractivity contribution in [2.45, 2.75) is 0 Å². The van der Waals surface area contributed by atoms with Crippen molar-refractivity contribution in [2.75, 3.05) is 11.1 Å². The molecular formula is C14H9BrClN3OS. The number of aromatic nitrogens is 1. The monoisotopic (exact) mass is 381 g/mol. The fraction of sp³-hybridized carbons (Fsp3) is 0. The Morgan fingerprint density at radius 3 is 2.90 bits per heavy atom. The number of thiophene rings is 1. The van der Waals surface area contributed by atoms with E-state index >= 15 is 0 Å². The maximum Gasteiger partial charge on any atom is 0.267 e. The van der Waals surface area contributed by atoms with Crippen LogP contribution in [-0.4, -0.2) is 10.9 Å². The first kappa shape index (κ1) is 14.3. The summed E-state index contributed by atoms with van der Waals surface area (Å²) in [7, 11) is 0. The van der Waals surface area contributed by atoms with E-state index in [1.54, 1.807) is 30.5 Å². The van der Waals surface area contributed by atoms with Gasteiger partial charge in [0, 0.05) is 21.1 Å². The summed E-state index contributed by atoms with van der Waals surface area (Å²) >= 11 is 10.5. The van der Waals surface area contributed by atoms with E-state index in [4.69, 9.17) is 17.3 Å². The lowest BCUT2D eigenvalue weighted by molar-refractivity contribution is 0.103. The summed E-state index contributed by atoms with van der Waals surface area (Å²) < 4.78 is 0.709. The number of hydrogen-bond acceptors (Lipinski definition) is 4. The molecule has 0 spiro atoms. The summed E-state index contributed by atoms with van der Waals surface area (Å²) in [6.07, 6.45) is 1.68. The van der Waals surface area contributed by atoms with Crippen molar-refractivity contribution in [1.29, 1.82) is 0 Å². The van der Waals surface area contributed by atoms with Crippen LogP contribution in [0.25, 0.3) is 10.2 Å². The Morgan fingerprint density at radius 1 is 1.38 bits per heavy atom. The number of rotatable bonds is 2. The number of amides is 1. The number of anilines is 2. The third-order valence-electron chi connectivity index (χ3n) is 2.89. The predicted molar refractivity (Wildman–Crippen MR) is 91.1 cm³/mol. The molecule has 7 heteroatoms. The van der Waals surface area contributed by atoms with Crippen LogP contribution in [0.15, 0.2) is 41.0 Å². The van der Waals surface area contributed by atoms with E-state index in [1.165, 1.54) is 11.3 Å². The summed E-state index contributed by atoms with van der Waals surface area (Å²) in [6.45, 7) is 0. The minimum Gasteiger partial charge on any atom is -0.397 e. The zero-order valence-electron chi connectivity index (χ0n) is 10.6.